The first-order valence-electron chi connectivity index (χ1n) is 23.4. The van der Waals surface area contributed by atoms with E-state index in [1.807, 2.05) is 49.4 Å². The summed E-state index contributed by atoms with van der Waals surface area (Å²) in [6.07, 6.45) is 0.357. The van der Waals surface area contributed by atoms with Crippen LogP contribution in [-0.4, -0.2) is 88.0 Å². The van der Waals surface area contributed by atoms with Gasteiger partial charge in [0.2, 0.25) is 11.7 Å². The van der Waals surface area contributed by atoms with Gasteiger partial charge in [0.25, 0.3) is 0 Å². The van der Waals surface area contributed by atoms with Crippen LogP contribution in [0.1, 0.15) is 112 Å². The Morgan fingerprint density at radius 2 is 1.41 bits per heavy atom. The number of hydrogen-bond acceptors (Lipinski definition) is 8. The molecule has 1 unspecified atom stereocenters. The fourth-order valence-corrected chi connectivity index (χ4v) is 9.21. The van der Waals surface area contributed by atoms with E-state index in [1.165, 1.54) is 29.4 Å². The Bertz CT molecular complexity index is 2420. The number of hydrogen-bond donors (Lipinski definition) is 3. The molecule has 18 heteroatoms. The summed E-state index contributed by atoms with van der Waals surface area (Å²) >= 11 is 0. The Kier molecular flexibility index (Phi) is 16.5. The standard InChI is InChI=1S/C51H61F7N6O5/c1-30-25-37(42(65)27-32-11-22-40(23-12-32)64(5)6)19-24-41(30)34-13-7-31(8-14-34)26-38(28-43(66)35-15-9-33(10-16-35)29-59-47(68)69-48(2,3)4)45(67)60-39-20-17-36(18-21-39)44-61-46(63-62-44)49(52,53)50(54,55)51(56,57)58/h7-8,13-14,17-21,24-25,32-33,35,38,40H,9-12,15-16,22-23,26-29H2,1-6H3,(H,59,68)(H,60,67)(H,61,62,63). The van der Waals surface area contributed by atoms with Crippen LogP contribution in [-0.2, 0) is 26.7 Å². The number of amides is 2. The predicted octanol–water partition coefficient (Wildman–Crippen LogP) is 11.5. The molecule has 6 rings (SSSR count). The third-order valence-corrected chi connectivity index (χ3v) is 13.3. The topological polar surface area (TPSA) is 146 Å². The number of nitrogens with zero attached hydrogens (tertiary/aromatic N) is 3. The van der Waals surface area contributed by atoms with Gasteiger partial charge in [0.05, 0.1) is 0 Å². The molecule has 4 aromatic rings. The number of ketones is 2. The van der Waals surface area contributed by atoms with Crippen LogP contribution in [0.2, 0.25) is 0 Å². The van der Waals surface area contributed by atoms with E-state index in [0.29, 0.717) is 56.2 Å². The number of ether oxygens (including phenoxy) is 1. The second-order valence-electron chi connectivity index (χ2n) is 19.9. The number of benzene rings is 3. The highest BCUT2D eigenvalue weighted by Crippen LogP contribution is 2.51. The van der Waals surface area contributed by atoms with Crippen LogP contribution in [0.3, 0.4) is 0 Å². The molecule has 374 valence electrons. The van der Waals surface area contributed by atoms with Gasteiger partial charge in [-0.25, -0.2) is 9.78 Å². The van der Waals surface area contributed by atoms with Crippen LogP contribution in [0.25, 0.3) is 22.5 Å². The van der Waals surface area contributed by atoms with E-state index in [9.17, 15) is 49.9 Å². The minimum Gasteiger partial charge on any atom is -0.444 e. The summed E-state index contributed by atoms with van der Waals surface area (Å²) in [6, 6.07) is 19.2. The minimum absolute atomic E-state index is 0.0281. The molecule has 0 aliphatic heterocycles. The monoisotopic (exact) mass is 970 g/mol. The van der Waals surface area contributed by atoms with Crippen molar-refractivity contribution >= 4 is 29.3 Å². The fraction of sp³-hybridized carbons (Fsp3) is 0.529. The van der Waals surface area contributed by atoms with Gasteiger partial charge in [-0.1, -0.05) is 36.4 Å². The van der Waals surface area contributed by atoms with E-state index in [-0.39, 0.29) is 47.5 Å². The third kappa shape index (κ3) is 13.4. The molecule has 69 heavy (non-hydrogen) atoms. The number of carbonyl (C=O) groups is 4. The van der Waals surface area contributed by atoms with Crippen molar-refractivity contribution in [2.24, 2.45) is 23.7 Å². The van der Waals surface area contributed by atoms with Crippen molar-refractivity contribution in [3.8, 4) is 22.5 Å². The zero-order valence-corrected chi connectivity index (χ0v) is 39.8. The highest BCUT2D eigenvalue weighted by Gasteiger charge is 2.75. The van der Waals surface area contributed by atoms with Crippen LogP contribution in [0.5, 0.6) is 0 Å². The first-order chi connectivity index (χ1) is 32.3. The molecule has 2 saturated carbocycles. The molecular weight excluding hydrogens is 910 g/mol. The second kappa shape index (κ2) is 21.6. The lowest BCUT2D eigenvalue weighted by Crippen LogP contribution is -2.50. The Hall–Kier alpha value is -5.65. The van der Waals surface area contributed by atoms with Crippen LogP contribution < -0.4 is 10.6 Å². The molecule has 1 heterocycles. The van der Waals surface area contributed by atoms with Gasteiger partial charge in [-0.2, -0.15) is 35.8 Å². The lowest BCUT2D eigenvalue weighted by Gasteiger charge is -2.32. The zero-order chi connectivity index (χ0) is 50.5. The van der Waals surface area contributed by atoms with E-state index in [2.05, 4.69) is 39.7 Å². The number of nitrogens with one attached hydrogen (secondary N) is 3. The number of halogens is 7. The van der Waals surface area contributed by atoms with Gasteiger partial charge < -0.3 is 20.3 Å². The second-order valence-corrected chi connectivity index (χ2v) is 19.9. The van der Waals surface area contributed by atoms with Crippen molar-refractivity contribution in [1.29, 1.82) is 0 Å². The Morgan fingerprint density at radius 3 is 1.99 bits per heavy atom. The number of carbonyl (C=O) groups excluding carboxylic acids is 4. The predicted molar refractivity (Wildman–Crippen MR) is 247 cm³/mol. The maximum atomic E-state index is 14.3. The molecule has 2 aliphatic rings. The summed E-state index contributed by atoms with van der Waals surface area (Å²) in [5, 5.41) is 10.5. The quantitative estimate of drug-likeness (QED) is 0.0700. The first-order valence-corrected chi connectivity index (χ1v) is 23.4. The molecule has 0 saturated heterocycles. The van der Waals surface area contributed by atoms with E-state index in [1.54, 1.807) is 20.8 Å². The molecule has 1 atom stereocenters. The average Bonchev–Trinajstić information content (AvgIpc) is 3.80. The van der Waals surface area contributed by atoms with Gasteiger partial charge in [-0.05, 0) is 164 Å². The zero-order valence-electron chi connectivity index (χ0n) is 39.8. The third-order valence-electron chi connectivity index (χ3n) is 13.3. The summed E-state index contributed by atoms with van der Waals surface area (Å²) in [6.45, 7) is 7.71. The molecule has 0 bridgehead atoms. The van der Waals surface area contributed by atoms with Crippen molar-refractivity contribution < 1.29 is 54.6 Å². The molecule has 0 radical (unpaired) electrons. The number of alkyl halides is 7. The number of alkyl carbamates (subject to hydrolysis) is 1. The maximum absolute atomic E-state index is 14.3. The Balaban J connectivity index is 1.13. The van der Waals surface area contributed by atoms with Crippen LogP contribution in [0.15, 0.2) is 66.7 Å². The van der Waals surface area contributed by atoms with Gasteiger partial charge in [-0.15, -0.1) is 0 Å². The maximum Gasteiger partial charge on any atom is 0.460 e. The van der Waals surface area contributed by atoms with Crippen molar-refractivity contribution in [3.63, 3.8) is 0 Å². The molecular formula is C51H61F7N6O5. The summed E-state index contributed by atoms with van der Waals surface area (Å²) in [5.41, 5.74) is 3.81. The lowest BCUT2D eigenvalue weighted by atomic mass is 9.77. The molecule has 0 spiro atoms. The smallest absolute Gasteiger partial charge is 0.444 e. The van der Waals surface area contributed by atoms with E-state index in [4.69, 9.17) is 4.74 Å². The Labute approximate surface area is 397 Å². The number of aryl methyl sites for hydroxylation is 1. The van der Waals surface area contributed by atoms with Gasteiger partial charge in [-0.3, -0.25) is 19.5 Å². The summed E-state index contributed by atoms with van der Waals surface area (Å²) < 4.78 is 99.4. The van der Waals surface area contributed by atoms with Crippen molar-refractivity contribution in [3.05, 3.63) is 89.2 Å². The average molecular weight is 971 g/mol. The fourth-order valence-electron chi connectivity index (χ4n) is 9.21. The molecule has 3 aromatic carbocycles. The van der Waals surface area contributed by atoms with Gasteiger partial charge in [0.1, 0.15) is 11.4 Å². The molecule has 2 aliphatic carbocycles. The largest absolute Gasteiger partial charge is 0.460 e. The van der Waals surface area contributed by atoms with Crippen molar-refractivity contribution in [2.75, 3.05) is 26.0 Å². The van der Waals surface area contributed by atoms with Crippen molar-refractivity contribution in [1.82, 2.24) is 25.4 Å². The lowest BCUT2D eigenvalue weighted by molar-refractivity contribution is -0.361. The van der Waals surface area contributed by atoms with E-state index >= 15 is 0 Å². The number of Topliss-reactive ketones (excluding diaryl/α,β-unsaturated/α-hetero) is 2. The van der Waals surface area contributed by atoms with Crippen molar-refractivity contribution in [2.45, 2.75) is 128 Å². The highest BCUT2D eigenvalue weighted by atomic mass is 19.4. The normalized spacial score (nSPS) is 19.7. The SMILES string of the molecule is Cc1cc(C(=O)CC2CCC(N(C)C)CC2)ccc1-c1ccc(CC(CC(=O)C2CCC(CNC(=O)OC(C)(C)C)CC2)C(=O)Nc2ccc(-c3n[nH]c(C(F)(F)C(F)(F)C(F)(F)F)n3)cc2)cc1. The first kappa shape index (κ1) is 52.7. The molecule has 2 amide bonds. The molecule has 1 aromatic heterocycles. The minimum atomic E-state index is -6.56. The number of H-pyrrole nitrogens is 1. The van der Waals surface area contributed by atoms with Gasteiger partial charge in [0, 0.05) is 54.1 Å². The number of aromatic nitrogens is 3. The highest BCUT2D eigenvalue weighted by molar-refractivity contribution is 5.97. The van der Waals surface area contributed by atoms with E-state index in [0.717, 1.165) is 47.9 Å². The molecule has 2 fully saturated rings. The summed E-state index contributed by atoms with van der Waals surface area (Å²) in [7, 11) is 4.20. The number of anilines is 1. The van der Waals surface area contributed by atoms with Gasteiger partial charge >= 0.3 is 24.1 Å². The molecule has 3 N–H and O–H groups in total. The molecule has 11 nitrogen and oxygen atoms in total. The number of rotatable bonds is 17. The van der Waals surface area contributed by atoms with Crippen LogP contribution >= 0.6 is 0 Å². The number of aromatic amines is 1. The van der Waals surface area contributed by atoms with Gasteiger partial charge in [0.15, 0.2) is 11.6 Å². The van der Waals surface area contributed by atoms with E-state index < -0.39 is 53.2 Å². The van der Waals surface area contributed by atoms with Crippen LogP contribution in [0.4, 0.5) is 41.2 Å². The Morgan fingerprint density at radius 1 is 0.797 bits per heavy atom. The summed E-state index contributed by atoms with van der Waals surface area (Å²) in [4.78, 5) is 58.9. The van der Waals surface area contributed by atoms with Crippen LogP contribution in [0, 0.1) is 30.6 Å². The summed E-state index contributed by atoms with van der Waals surface area (Å²) in [5.74, 6) is -15.8.